The van der Waals surface area contributed by atoms with Gasteiger partial charge in [0.1, 0.15) is 12.4 Å². The molecule has 2 aromatic rings. The van der Waals surface area contributed by atoms with Gasteiger partial charge in [-0.2, -0.15) is 0 Å². The summed E-state index contributed by atoms with van der Waals surface area (Å²) in [5.41, 5.74) is 3.66. The Hall–Kier alpha value is -2.53. The highest BCUT2D eigenvalue weighted by molar-refractivity contribution is 5.79. The van der Waals surface area contributed by atoms with E-state index in [0.717, 1.165) is 23.8 Å². The normalized spacial score (nSPS) is 11.2. The van der Waals surface area contributed by atoms with Gasteiger partial charge in [-0.15, -0.1) is 0 Å². The Kier molecular flexibility index (Phi) is 7.79. The van der Waals surface area contributed by atoms with Gasteiger partial charge in [-0.05, 0) is 30.2 Å². The molecule has 5 nitrogen and oxygen atoms in total. The summed E-state index contributed by atoms with van der Waals surface area (Å²) in [4.78, 5) is 4.26. The van der Waals surface area contributed by atoms with Crippen LogP contribution in [-0.4, -0.2) is 33.3 Å². The molecule has 0 bridgehead atoms. The van der Waals surface area contributed by atoms with Crippen LogP contribution in [-0.2, 0) is 17.8 Å². The van der Waals surface area contributed by atoms with Crippen molar-refractivity contribution in [3.8, 4) is 5.75 Å². The standard InChI is InChI=1S/C20H27N3O2/c1-16-5-4-6-18(13-16)15-23-20(21-2)22-14-17-7-9-19(10-8-17)25-12-11-24-3/h4-10,13H,11-12,14-15H2,1-3H3,(H2,21,22,23). The number of ether oxygens (including phenoxy) is 2. The number of nitrogens with one attached hydrogen (secondary N) is 2. The first-order valence-electron chi connectivity index (χ1n) is 8.42. The lowest BCUT2D eigenvalue weighted by Crippen LogP contribution is -2.36. The van der Waals surface area contributed by atoms with Gasteiger partial charge in [-0.3, -0.25) is 4.99 Å². The lowest BCUT2D eigenvalue weighted by Gasteiger charge is -2.13. The number of nitrogens with zero attached hydrogens (tertiary/aromatic N) is 1. The van der Waals surface area contributed by atoms with Gasteiger partial charge in [-0.25, -0.2) is 0 Å². The Balaban J connectivity index is 1.78. The molecule has 0 amide bonds. The highest BCUT2D eigenvalue weighted by atomic mass is 16.5. The number of methoxy groups -OCH3 is 1. The predicted octanol–water partition coefficient (Wildman–Crippen LogP) is 2.89. The van der Waals surface area contributed by atoms with Gasteiger partial charge in [0.25, 0.3) is 0 Å². The summed E-state index contributed by atoms with van der Waals surface area (Å²) in [6.07, 6.45) is 0. The van der Waals surface area contributed by atoms with Crippen LogP contribution in [0.15, 0.2) is 53.5 Å². The number of guanidine groups is 1. The average molecular weight is 341 g/mol. The summed E-state index contributed by atoms with van der Waals surface area (Å²) in [5.74, 6) is 1.63. The fourth-order valence-corrected chi connectivity index (χ4v) is 2.36. The second-order valence-electron chi connectivity index (χ2n) is 5.75. The maximum atomic E-state index is 5.56. The SMILES string of the molecule is CN=C(NCc1ccc(OCCOC)cc1)NCc1cccc(C)c1. The molecule has 0 atom stereocenters. The van der Waals surface area contributed by atoms with Crippen molar-refractivity contribution in [1.29, 1.82) is 0 Å². The van der Waals surface area contributed by atoms with Gasteiger partial charge in [-0.1, -0.05) is 42.0 Å². The van der Waals surface area contributed by atoms with Crippen LogP contribution in [0.1, 0.15) is 16.7 Å². The van der Waals surface area contributed by atoms with Crippen molar-refractivity contribution in [2.75, 3.05) is 27.4 Å². The quantitative estimate of drug-likeness (QED) is 0.440. The van der Waals surface area contributed by atoms with Crippen LogP contribution in [0.5, 0.6) is 5.75 Å². The highest BCUT2D eigenvalue weighted by Crippen LogP contribution is 2.12. The van der Waals surface area contributed by atoms with Gasteiger partial charge in [0, 0.05) is 27.2 Å². The monoisotopic (exact) mass is 341 g/mol. The van der Waals surface area contributed by atoms with Gasteiger partial charge < -0.3 is 20.1 Å². The summed E-state index contributed by atoms with van der Waals surface area (Å²) >= 11 is 0. The van der Waals surface area contributed by atoms with Gasteiger partial charge in [0.15, 0.2) is 5.96 Å². The second kappa shape index (κ2) is 10.4. The number of rotatable bonds is 8. The minimum atomic E-state index is 0.559. The molecule has 0 aliphatic carbocycles. The van der Waals surface area contributed by atoms with Crippen molar-refractivity contribution in [1.82, 2.24) is 10.6 Å². The number of aliphatic imine (C=N–C) groups is 1. The zero-order valence-electron chi connectivity index (χ0n) is 15.2. The van der Waals surface area contributed by atoms with E-state index in [2.05, 4.69) is 46.8 Å². The van der Waals surface area contributed by atoms with Crippen LogP contribution in [0.3, 0.4) is 0 Å². The zero-order valence-corrected chi connectivity index (χ0v) is 15.2. The molecule has 0 aliphatic heterocycles. The summed E-state index contributed by atoms with van der Waals surface area (Å²) in [7, 11) is 3.44. The van der Waals surface area contributed by atoms with Crippen molar-refractivity contribution in [2.45, 2.75) is 20.0 Å². The Labute approximate surface area is 150 Å². The fraction of sp³-hybridized carbons (Fsp3) is 0.350. The Morgan fingerprint density at radius 2 is 1.68 bits per heavy atom. The largest absolute Gasteiger partial charge is 0.491 e. The summed E-state index contributed by atoms with van der Waals surface area (Å²) in [5, 5.41) is 6.65. The van der Waals surface area contributed by atoms with Crippen molar-refractivity contribution in [3.05, 3.63) is 65.2 Å². The maximum Gasteiger partial charge on any atom is 0.191 e. The van der Waals surface area contributed by atoms with E-state index in [0.29, 0.717) is 19.8 Å². The third-order valence-corrected chi connectivity index (χ3v) is 3.71. The van der Waals surface area contributed by atoms with E-state index in [-0.39, 0.29) is 0 Å². The Bertz CT molecular complexity index is 669. The molecule has 2 N–H and O–H groups in total. The molecule has 0 aromatic heterocycles. The molecule has 0 aliphatic rings. The van der Waals surface area contributed by atoms with E-state index in [1.54, 1.807) is 14.2 Å². The predicted molar refractivity (Wildman–Crippen MR) is 102 cm³/mol. The molecule has 0 radical (unpaired) electrons. The van der Waals surface area contributed by atoms with Crippen molar-refractivity contribution in [2.24, 2.45) is 4.99 Å². The number of aryl methyl sites for hydroxylation is 1. The van der Waals surface area contributed by atoms with E-state index >= 15 is 0 Å². The smallest absolute Gasteiger partial charge is 0.191 e. The molecule has 25 heavy (non-hydrogen) atoms. The third-order valence-electron chi connectivity index (χ3n) is 3.71. The second-order valence-corrected chi connectivity index (χ2v) is 5.75. The van der Waals surface area contributed by atoms with Gasteiger partial charge >= 0.3 is 0 Å². The molecular formula is C20H27N3O2. The number of benzene rings is 2. The average Bonchev–Trinajstić information content (AvgIpc) is 2.63. The summed E-state index contributed by atoms with van der Waals surface area (Å²) < 4.78 is 10.5. The molecule has 2 aromatic carbocycles. The molecule has 0 spiro atoms. The molecular weight excluding hydrogens is 314 g/mol. The third kappa shape index (κ3) is 6.85. The van der Waals surface area contributed by atoms with Crippen LogP contribution in [0.2, 0.25) is 0 Å². The fourth-order valence-electron chi connectivity index (χ4n) is 2.36. The van der Waals surface area contributed by atoms with Gasteiger partial charge in [0.2, 0.25) is 0 Å². The van der Waals surface area contributed by atoms with Crippen molar-refractivity contribution in [3.63, 3.8) is 0 Å². The molecule has 134 valence electrons. The first-order valence-corrected chi connectivity index (χ1v) is 8.42. The topological polar surface area (TPSA) is 54.9 Å². The first kappa shape index (κ1) is 18.8. The highest BCUT2D eigenvalue weighted by Gasteiger charge is 2.00. The van der Waals surface area contributed by atoms with E-state index in [1.165, 1.54) is 11.1 Å². The van der Waals surface area contributed by atoms with Crippen LogP contribution in [0, 0.1) is 6.92 Å². The molecule has 2 rings (SSSR count). The zero-order chi connectivity index (χ0) is 17.9. The summed E-state index contributed by atoms with van der Waals surface area (Å²) in [6.45, 7) is 4.69. The molecule has 0 unspecified atom stereocenters. The van der Waals surface area contributed by atoms with E-state index in [4.69, 9.17) is 9.47 Å². The molecule has 0 fully saturated rings. The molecule has 0 heterocycles. The first-order chi connectivity index (χ1) is 12.2. The minimum absolute atomic E-state index is 0.559. The summed E-state index contributed by atoms with van der Waals surface area (Å²) in [6, 6.07) is 16.5. The minimum Gasteiger partial charge on any atom is -0.491 e. The van der Waals surface area contributed by atoms with Crippen LogP contribution < -0.4 is 15.4 Å². The lowest BCUT2D eigenvalue weighted by atomic mass is 10.1. The molecule has 5 heteroatoms. The Morgan fingerprint density at radius 3 is 2.32 bits per heavy atom. The lowest BCUT2D eigenvalue weighted by molar-refractivity contribution is 0.146. The van der Waals surface area contributed by atoms with Crippen LogP contribution in [0.25, 0.3) is 0 Å². The van der Waals surface area contributed by atoms with Crippen LogP contribution >= 0.6 is 0 Å². The Morgan fingerprint density at radius 1 is 0.960 bits per heavy atom. The number of hydrogen-bond donors (Lipinski definition) is 2. The molecule has 0 saturated carbocycles. The number of hydrogen-bond acceptors (Lipinski definition) is 3. The van der Waals surface area contributed by atoms with Crippen molar-refractivity contribution < 1.29 is 9.47 Å². The van der Waals surface area contributed by atoms with Gasteiger partial charge in [0.05, 0.1) is 6.61 Å². The van der Waals surface area contributed by atoms with E-state index in [9.17, 15) is 0 Å². The van der Waals surface area contributed by atoms with Crippen LogP contribution in [0.4, 0.5) is 0 Å². The van der Waals surface area contributed by atoms with E-state index in [1.807, 2.05) is 24.3 Å². The maximum absolute atomic E-state index is 5.56. The molecule has 0 saturated heterocycles. The van der Waals surface area contributed by atoms with E-state index < -0.39 is 0 Å². The van der Waals surface area contributed by atoms with Crippen molar-refractivity contribution >= 4 is 5.96 Å².